The van der Waals surface area contributed by atoms with Crippen LogP contribution >= 0.6 is 0 Å². The summed E-state index contributed by atoms with van der Waals surface area (Å²) in [5.74, 6) is -7.62. The Morgan fingerprint density at radius 3 is 0.947 bits per heavy atom. The van der Waals surface area contributed by atoms with E-state index in [0.717, 1.165) is 43.9 Å². The van der Waals surface area contributed by atoms with Crippen LogP contribution < -0.4 is 21.3 Å². The molecule has 2 fully saturated rings. The van der Waals surface area contributed by atoms with Gasteiger partial charge in [0.15, 0.2) is 0 Å². The van der Waals surface area contributed by atoms with Crippen molar-refractivity contribution in [3.05, 3.63) is 69.5 Å². The second-order valence-electron chi connectivity index (χ2n) is 17.8. The summed E-state index contributed by atoms with van der Waals surface area (Å²) >= 11 is 0. The molecule has 0 aromatic heterocycles. The van der Waals surface area contributed by atoms with Crippen LogP contribution in [0.25, 0.3) is 20.9 Å². The van der Waals surface area contributed by atoms with E-state index < -0.39 is 95.2 Å². The zero-order chi connectivity index (χ0) is 71.1. The van der Waals surface area contributed by atoms with E-state index in [2.05, 4.69) is 52.2 Å². The van der Waals surface area contributed by atoms with Gasteiger partial charge in [-0.25, -0.2) is 9.59 Å². The standard InChI is InChI=1S/2C11H10N2O6.C11H12N2O3.C9H11N5O3.C6H6F3NO.C4H5F3N4O/c2*14-7-1-2-8(15)12(7)6-5-11(18)19-13-9(16)3-4-10(13)17;1-2-3-7-12-9(14)6-8-13-10(15)4-5-11(13)16;10-13-12-5-4-11-7(15)3-6-14-8(16)1-2-9(14)17;1-2-3-4-10-5(11)6(7,8)9;5-4(6,7)3(12)9-1-2-10-11-8/h2*1-2H,3-6H2;1,4-5H,3,6-8H2,(H,12,14);1-2H,3-6H2,(H,11,15);1H,3-4H2,(H,10,11);1-2H2,(H,9,12). The molecule has 6 heterocycles. The summed E-state index contributed by atoms with van der Waals surface area (Å²) < 4.78 is 68.6. The molecule has 0 radical (unpaired) electrons. The third-order valence-electron chi connectivity index (χ3n) is 11.0. The Morgan fingerprint density at radius 1 is 0.436 bits per heavy atom. The fourth-order valence-corrected chi connectivity index (χ4v) is 6.50. The van der Waals surface area contributed by atoms with Crippen molar-refractivity contribution in [3.8, 4) is 24.7 Å². The molecule has 0 aliphatic carbocycles. The summed E-state index contributed by atoms with van der Waals surface area (Å²) in [5.41, 5.74) is 15.7. The van der Waals surface area contributed by atoms with Crippen molar-refractivity contribution in [1.82, 2.24) is 51.0 Å². The third kappa shape index (κ3) is 30.4. The third-order valence-corrected chi connectivity index (χ3v) is 11.0. The molecule has 0 unspecified atom stereocenters. The fraction of sp³-hybridized carbons (Fsp3) is 0.423. The largest absolute Gasteiger partial charge is 0.471 e. The van der Waals surface area contributed by atoms with Crippen LogP contribution in [0.4, 0.5) is 26.3 Å². The van der Waals surface area contributed by atoms with E-state index >= 15 is 0 Å². The number of azide groups is 2. The number of nitrogens with zero attached hydrogens (tertiary/aromatic N) is 12. The number of hydrogen-bond donors (Lipinski definition) is 4. The molecule has 0 aromatic carbocycles. The van der Waals surface area contributed by atoms with E-state index in [-0.39, 0.29) is 140 Å². The first-order chi connectivity index (χ1) is 44.2. The smallest absolute Gasteiger partial charge is 0.356 e. The van der Waals surface area contributed by atoms with Gasteiger partial charge in [0, 0.05) is 175 Å². The number of hydrogen-bond acceptors (Lipinski definition) is 22. The molecule has 504 valence electrons. The molecule has 6 aliphatic heterocycles. The minimum absolute atomic E-state index is 0.0130. The van der Waals surface area contributed by atoms with Crippen molar-refractivity contribution in [2.75, 3.05) is 65.4 Å². The molecule has 2 saturated heterocycles. The summed E-state index contributed by atoms with van der Waals surface area (Å²) in [7, 11) is 0. The van der Waals surface area contributed by atoms with E-state index in [0.29, 0.717) is 23.1 Å². The highest BCUT2D eigenvalue weighted by molar-refractivity contribution is 6.15. The van der Waals surface area contributed by atoms with Crippen molar-refractivity contribution < 1.29 is 122 Å². The number of carbonyl (C=O) groups is 18. The number of imide groups is 6. The van der Waals surface area contributed by atoms with Gasteiger partial charge in [-0.2, -0.15) is 26.3 Å². The maximum absolute atomic E-state index is 11.4. The van der Waals surface area contributed by atoms with Gasteiger partial charge in [0.25, 0.3) is 70.9 Å². The quantitative estimate of drug-likeness (QED) is 0.0165. The first-order valence-electron chi connectivity index (χ1n) is 26.6. The molecular formula is C52H54F6N16O20. The number of terminal acetylenes is 2. The van der Waals surface area contributed by atoms with E-state index in [1.807, 2.05) is 0 Å². The van der Waals surface area contributed by atoms with Gasteiger partial charge in [-0.05, 0) is 11.1 Å². The molecule has 6 aliphatic rings. The molecule has 0 spiro atoms. The summed E-state index contributed by atoms with van der Waals surface area (Å²) in [4.78, 5) is 217. The lowest BCUT2D eigenvalue weighted by atomic mass is 10.3. The number of hydroxylamine groups is 4. The van der Waals surface area contributed by atoms with E-state index in [9.17, 15) is 113 Å². The zero-order valence-electron chi connectivity index (χ0n) is 48.7. The topological polar surface area (TPSA) is 491 Å². The van der Waals surface area contributed by atoms with Gasteiger partial charge in [0.2, 0.25) is 11.8 Å². The number of halogens is 6. The molecule has 0 bridgehead atoms. The van der Waals surface area contributed by atoms with Crippen molar-refractivity contribution in [2.45, 2.75) is 76.6 Å². The Hall–Kier alpha value is -12.1. The van der Waals surface area contributed by atoms with Crippen molar-refractivity contribution in [2.24, 2.45) is 10.2 Å². The van der Waals surface area contributed by atoms with E-state index in [4.69, 9.17) is 23.9 Å². The van der Waals surface area contributed by atoms with E-state index in [1.165, 1.54) is 29.6 Å². The molecule has 36 nitrogen and oxygen atoms in total. The lowest BCUT2D eigenvalue weighted by molar-refractivity contribution is -0.197. The molecule has 0 saturated carbocycles. The minimum atomic E-state index is -4.88. The number of amides is 16. The van der Waals surface area contributed by atoms with Crippen LogP contribution in [0.3, 0.4) is 0 Å². The van der Waals surface area contributed by atoms with E-state index in [1.54, 1.807) is 5.32 Å². The first-order valence-corrected chi connectivity index (χ1v) is 26.6. The Bertz CT molecular complexity index is 3090. The average molecular weight is 1340 g/mol. The number of nitrogens with one attached hydrogen (secondary N) is 4. The lowest BCUT2D eigenvalue weighted by Gasteiger charge is -2.15. The number of carbonyl (C=O) groups excluding carboxylic acids is 18. The number of rotatable bonds is 24. The molecule has 4 N–H and O–H groups in total. The molecule has 0 aromatic rings. The Balaban J connectivity index is 0.000000571. The molecule has 42 heteroatoms. The molecule has 0 atom stereocenters. The molecule has 94 heavy (non-hydrogen) atoms. The van der Waals surface area contributed by atoms with Gasteiger partial charge in [-0.1, -0.05) is 10.2 Å². The second kappa shape index (κ2) is 41.3. The highest BCUT2D eigenvalue weighted by Crippen LogP contribution is 2.17. The summed E-state index contributed by atoms with van der Waals surface area (Å²) in [6, 6.07) is 0. The van der Waals surface area contributed by atoms with Gasteiger partial charge in [-0.15, -0.1) is 34.8 Å². The molecule has 6 rings (SSSR count). The summed E-state index contributed by atoms with van der Waals surface area (Å²) in [5, 5.41) is 15.2. The van der Waals surface area contributed by atoms with Crippen LogP contribution in [-0.4, -0.2) is 214 Å². The first kappa shape index (κ1) is 80.0. The predicted octanol–water partition coefficient (Wildman–Crippen LogP) is -1.35. The molecular weight excluding hydrogens is 1280 g/mol. The van der Waals surface area contributed by atoms with Crippen molar-refractivity contribution in [3.63, 3.8) is 0 Å². The lowest BCUT2D eigenvalue weighted by Crippen LogP contribution is -2.37. The van der Waals surface area contributed by atoms with Crippen LogP contribution in [0, 0.1) is 24.7 Å². The van der Waals surface area contributed by atoms with Gasteiger partial charge in [0.05, 0.1) is 12.8 Å². The average Bonchev–Trinajstić information content (AvgIpc) is 1.90. The molecule has 16 amide bonds. The summed E-state index contributed by atoms with van der Waals surface area (Å²) in [6.45, 7) is 0.0173. The summed E-state index contributed by atoms with van der Waals surface area (Å²) in [6.07, 6.45) is 9.38. The Labute approximate surface area is 525 Å². The van der Waals surface area contributed by atoms with Crippen molar-refractivity contribution in [1.29, 1.82) is 0 Å². The maximum atomic E-state index is 11.4. The zero-order valence-corrected chi connectivity index (χ0v) is 48.7. The highest BCUT2D eigenvalue weighted by atomic mass is 19.4. The van der Waals surface area contributed by atoms with Gasteiger partial charge in [-0.3, -0.25) is 96.3 Å². The highest BCUT2D eigenvalue weighted by Gasteiger charge is 2.39. The predicted molar refractivity (Wildman–Crippen MR) is 295 cm³/mol. The minimum Gasteiger partial charge on any atom is -0.356 e. The van der Waals surface area contributed by atoms with Crippen LogP contribution in [0.1, 0.15) is 64.2 Å². The fourth-order valence-electron chi connectivity index (χ4n) is 6.50. The van der Waals surface area contributed by atoms with Gasteiger partial charge >= 0.3 is 36.1 Å². The maximum Gasteiger partial charge on any atom is 0.471 e. The monoisotopic (exact) mass is 1340 g/mol. The Kier molecular flexibility index (Phi) is 35.1. The number of alkyl halides is 6. The van der Waals surface area contributed by atoms with Crippen LogP contribution in [0.5, 0.6) is 0 Å². The normalized spacial score (nSPS) is 15.0. The Morgan fingerprint density at radius 2 is 0.681 bits per heavy atom. The van der Waals surface area contributed by atoms with Gasteiger partial charge in [0.1, 0.15) is 0 Å². The van der Waals surface area contributed by atoms with Gasteiger partial charge < -0.3 is 30.9 Å². The van der Waals surface area contributed by atoms with Crippen LogP contribution in [-0.2, 0) is 96.0 Å². The van der Waals surface area contributed by atoms with Crippen LogP contribution in [0.15, 0.2) is 58.8 Å². The SMILES string of the molecule is C#CCCNC(=O)C(F)(F)F.C#CCCNC(=O)CCN1C(=O)C=CC1=O.O=C(CCN1C(=O)C=CC1=O)ON1C(=O)CCC1=O.O=C(CCN1C(=O)C=CC1=O)ON1C(=O)CCC1=O.[N-]=[N+]=NCCNC(=O)C(F)(F)F.[N-]=[N+]=NCCNC(=O)CCN1C(=O)C=CC1=O. The van der Waals surface area contributed by atoms with Crippen LogP contribution in [0.2, 0.25) is 0 Å². The van der Waals surface area contributed by atoms with Crippen molar-refractivity contribution >= 4 is 106 Å². The second-order valence-corrected chi connectivity index (χ2v) is 17.8.